The van der Waals surface area contributed by atoms with Crippen LogP contribution in [0, 0.1) is 0 Å². The Morgan fingerprint density at radius 3 is 2.57 bits per heavy atom. The highest BCUT2D eigenvalue weighted by Gasteiger charge is 2.38. The van der Waals surface area contributed by atoms with Crippen molar-refractivity contribution in [3.05, 3.63) is 21.9 Å². The zero-order valence-electron chi connectivity index (χ0n) is 7.77. The molecule has 0 radical (unpaired) electrons. The number of rotatable bonds is 3. The third-order valence-electron chi connectivity index (χ3n) is 1.84. The number of hydrogen-bond donors (Lipinski definition) is 1. The Kier molecular flexibility index (Phi) is 3.55. The zero-order valence-corrected chi connectivity index (χ0v) is 8.58. The van der Waals surface area contributed by atoms with Gasteiger partial charge in [0, 0.05) is 9.75 Å². The molecular weight excluding hydrogens is 211 g/mol. The summed E-state index contributed by atoms with van der Waals surface area (Å²) in [5, 5.41) is 0. The van der Waals surface area contributed by atoms with Gasteiger partial charge in [-0.05, 0) is 18.6 Å². The highest BCUT2D eigenvalue weighted by atomic mass is 32.1. The molecule has 1 heterocycles. The van der Waals surface area contributed by atoms with E-state index in [0.29, 0.717) is 0 Å². The monoisotopic (exact) mass is 223 g/mol. The van der Waals surface area contributed by atoms with Crippen molar-refractivity contribution in [1.29, 1.82) is 0 Å². The zero-order chi connectivity index (χ0) is 10.8. The number of aryl methyl sites for hydroxylation is 1. The number of hydrogen-bond acceptors (Lipinski definition) is 2. The fourth-order valence-corrected chi connectivity index (χ4v) is 2.25. The van der Waals surface area contributed by atoms with E-state index in [4.69, 9.17) is 5.73 Å². The van der Waals surface area contributed by atoms with Gasteiger partial charge in [-0.15, -0.1) is 11.3 Å². The van der Waals surface area contributed by atoms with E-state index in [0.717, 1.165) is 29.1 Å². The van der Waals surface area contributed by atoms with E-state index >= 15 is 0 Å². The van der Waals surface area contributed by atoms with Gasteiger partial charge in [-0.25, -0.2) is 0 Å². The smallest absolute Gasteiger partial charge is 0.316 e. The van der Waals surface area contributed by atoms with Gasteiger partial charge in [0.1, 0.15) is 6.04 Å². The van der Waals surface area contributed by atoms with Gasteiger partial charge in [0.2, 0.25) is 0 Å². The highest BCUT2D eigenvalue weighted by Crippen LogP contribution is 2.34. The summed E-state index contributed by atoms with van der Waals surface area (Å²) in [6, 6.07) is 1.35. The molecule has 1 rings (SSSR count). The van der Waals surface area contributed by atoms with E-state index < -0.39 is 12.2 Å². The summed E-state index contributed by atoms with van der Waals surface area (Å²) in [4.78, 5) is 1.16. The Morgan fingerprint density at radius 2 is 2.07 bits per heavy atom. The first-order valence-corrected chi connectivity index (χ1v) is 5.17. The Bertz CT molecular complexity index is 292. The molecule has 0 aliphatic carbocycles. The van der Waals surface area contributed by atoms with Crippen molar-refractivity contribution in [1.82, 2.24) is 0 Å². The standard InChI is InChI=1S/C9H12F3NS/c1-2-3-6-4-5-7(14-6)8(13)9(10,11)12/h4-5,8H,2-3,13H2,1H3. The first kappa shape index (κ1) is 11.5. The van der Waals surface area contributed by atoms with Crippen LogP contribution in [0.1, 0.15) is 29.1 Å². The van der Waals surface area contributed by atoms with Crippen LogP contribution in [0.4, 0.5) is 13.2 Å². The molecule has 0 bridgehead atoms. The largest absolute Gasteiger partial charge is 0.408 e. The summed E-state index contributed by atoms with van der Waals surface area (Å²) in [5.41, 5.74) is 5.07. The van der Waals surface area contributed by atoms with Gasteiger partial charge in [-0.2, -0.15) is 13.2 Å². The molecule has 0 saturated heterocycles. The van der Waals surface area contributed by atoms with Gasteiger partial charge in [-0.1, -0.05) is 13.3 Å². The van der Waals surface area contributed by atoms with E-state index in [1.807, 2.05) is 6.92 Å². The molecule has 0 aliphatic heterocycles. The Labute approximate surface area is 84.7 Å². The highest BCUT2D eigenvalue weighted by molar-refractivity contribution is 7.12. The molecule has 1 unspecified atom stereocenters. The van der Waals surface area contributed by atoms with Gasteiger partial charge < -0.3 is 5.73 Å². The molecule has 1 aromatic heterocycles. The topological polar surface area (TPSA) is 26.0 Å². The van der Waals surface area contributed by atoms with Crippen LogP contribution < -0.4 is 5.73 Å². The van der Waals surface area contributed by atoms with Crippen molar-refractivity contribution in [2.45, 2.75) is 32.0 Å². The number of thiophene rings is 1. The summed E-state index contributed by atoms with van der Waals surface area (Å²) >= 11 is 1.15. The van der Waals surface area contributed by atoms with Crippen molar-refractivity contribution in [3.8, 4) is 0 Å². The molecule has 0 aliphatic rings. The maximum absolute atomic E-state index is 12.2. The average Bonchev–Trinajstić information content (AvgIpc) is 2.50. The quantitative estimate of drug-likeness (QED) is 0.836. The van der Waals surface area contributed by atoms with Crippen LogP contribution in [0.5, 0.6) is 0 Å². The molecule has 1 aromatic rings. The molecule has 0 saturated carbocycles. The minimum Gasteiger partial charge on any atom is -0.316 e. The van der Waals surface area contributed by atoms with Crippen LogP contribution in [-0.4, -0.2) is 6.18 Å². The summed E-state index contributed by atoms with van der Waals surface area (Å²) < 4.78 is 36.6. The summed E-state index contributed by atoms with van der Waals surface area (Å²) in [7, 11) is 0. The Balaban J connectivity index is 2.76. The molecule has 0 amide bonds. The van der Waals surface area contributed by atoms with E-state index in [1.54, 1.807) is 6.07 Å². The summed E-state index contributed by atoms with van der Waals surface area (Å²) in [6.45, 7) is 1.99. The van der Waals surface area contributed by atoms with E-state index in [9.17, 15) is 13.2 Å². The maximum atomic E-state index is 12.2. The van der Waals surface area contributed by atoms with Gasteiger partial charge in [0.25, 0.3) is 0 Å². The lowest BCUT2D eigenvalue weighted by Gasteiger charge is -2.13. The predicted octanol–water partition coefficient (Wildman–Crippen LogP) is 3.26. The molecule has 0 fully saturated rings. The third kappa shape index (κ3) is 2.72. The van der Waals surface area contributed by atoms with Crippen molar-refractivity contribution < 1.29 is 13.2 Å². The average molecular weight is 223 g/mol. The van der Waals surface area contributed by atoms with Gasteiger partial charge in [0.15, 0.2) is 0 Å². The molecule has 5 heteroatoms. The lowest BCUT2D eigenvalue weighted by molar-refractivity contribution is -0.148. The fraction of sp³-hybridized carbons (Fsp3) is 0.556. The first-order chi connectivity index (χ1) is 6.45. The van der Waals surface area contributed by atoms with Crippen LogP contribution in [0.15, 0.2) is 12.1 Å². The first-order valence-electron chi connectivity index (χ1n) is 4.36. The SMILES string of the molecule is CCCc1ccc(C(N)C(F)(F)F)s1. The minimum absolute atomic E-state index is 0.195. The lowest BCUT2D eigenvalue weighted by Crippen LogP contribution is -2.27. The van der Waals surface area contributed by atoms with Crippen LogP contribution in [-0.2, 0) is 6.42 Å². The van der Waals surface area contributed by atoms with E-state index in [-0.39, 0.29) is 4.88 Å². The van der Waals surface area contributed by atoms with Crippen LogP contribution in [0.2, 0.25) is 0 Å². The van der Waals surface area contributed by atoms with Crippen molar-refractivity contribution in [2.24, 2.45) is 5.73 Å². The second-order valence-corrected chi connectivity index (χ2v) is 4.27. The van der Waals surface area contributed by atoms with Crippen molar-refractivity contribution >= 4 is 11.3 Å². The van der Waals surface area contributed by atoms with Gasteiger partial charge in [-0.3, -0.25) is 0 Å². The molecule has 2 N–H and O–H groups in total. The third-order valence-corrected chi connectivity index (χ3v) is 3.07. The maximum Gasteiger partial charge on any atom is 0.408 e. The molecule has 1 atom stereocenters. The number of nitrogens with two attached hydrogens (primary N) is 1. The van der Waals surface area contributed by atoms with E-state index in [1.165, 1.54) is 6.07 Å². The van der Waals surface area contributed by atoms with Gasteiger partial charge >= 0.3 is 6.18 Å². The second-order valence-electron chi connectivity index (χ2n) is 3.07. The normalized spacial score (nSPS) is 14.4. The number of halogens is 3. The van der Waals surface area contributed by atoms with Crippen LogP contribution in [0.3, 0.4) is 0 Å². The minimum atomic E-state index is -4.34. The van der Waals surface area contributed by atoms with Crippen molar-refractivity contribution in [3.63, 3.8) is 0 Å². The van der Waals surface area contributed by atoms with Gasteiger partial charge in [0.05, 0.1) is 0 Å². The fourth-order valence-electron chi connectivity index (χ4n) is 1.10. The van der Waals surface area contributed by atoms with Crippen LogP contribution >= 0.6 is 11.3 Å². The summed E-state index contributed by atoms with van der Waals surface area (Å²) in [6.07, 6.45) is -2.59. The molecule has 14 heavy (non-hydrogen) atoms. The lowest BCUT2D eigenvalue weighted by atomic mass is 10.2. The second kappa shape index (κ2) is 4.31. The molecular formula is C9H12F3NS. The number of alkyl halides is 3. The van der Waals surface area contributed by atoms with E-state index in [2.05, 4.69) is 0 Å². The Hall–Kier alpha value is -0.550. The molecule has 80 valence electrons. The molecule has 1 nitrogen and oxygen atoms in total. The summed E-state index contributed by atoms with van der Waals surface area (Å²) in [5.74, 6) is 0. The predicted molar refractivity (Wildman–Crippen MR) is 51.3 cm³/mol. The van der Waals surface area contributed by atoms with Crippen molar-refractivity contribution in [2.75, 3.05) is 0 Å². The molecule has 0 spiro atoms. The van der Waals surface area contributed by atoms with Crippen LogP contribution in [0.25, 0.3) is 0 Å². The molecule has 0 aromatic carbocycles. The Morgan fingerprint density at radius 1 is 1.43 bits per heavy atom.